The fourth-order valence-electron chi connectivity index (χ4n) is 9.52. The van der Waals surface area contributed by atoms with Gasteiger partial charge in [0.05, 0.1) is 38.2 Å². The van der Waals surface area contributed by atoms with E-state index in [2.05, 4.69) is 26.7 Å². The van der Waals surface area contributed by atoms with Gasteiger partial charge in [-0.1, -0.05) is 72.3 Å². The number of hydrogen-bond donors (Lipinski definition) is 4. The Morgan fingerprint density at radius 2 is 1.22 bits per heavy atom. The number of methoxy groups -OCH3 is 2. The quantitative estimate of drug-likeness (QED) is 0.104. The van der Waals surface area contributed by atoms with Crippen molar-refractivity contribution in [2.75, 3.05) is 27.3 Å². The zero-order valence-electron chi connectivity index (χ0n) is 35.6. The van der Waals surface area contributed by atoms with Gasteiger partial charge in [0.25, 0.3) is 11.8 Å². The second kappa shape index (κ2) is 17.3. The van der Waals surface area contributed by atoms with Crippen LogP contribution in [0.5, 0.6) is 11.5 Å². The van der Waals surface area contributed by atoms with Crippen LogP contribution in [-0.4, -0.2) is 81.0 Å². The number of halogens is 1. The second-order valence-electron chi connectivity index (χ2n) is 16.4. The Labute approximate surface area is 378 Å². The second-order valence-corrected chi connectivity index (χ2v) is 16.8. The summed E-state index contributed by atoms with van der Waals surface area (Å²) in [6, 6.07) is 23.7. The van der Waals surface area contributed by atoms with Crippen molar-refractivity contribution in [1.29, 1.82) is 0 Å². The van der Waals surface area contributed by atoms with Crippen LogP contribution in [0.3, 0.4) is 0 Å². The third kappa shape index (κ3) is 7.77. The Morgan fingerprint density at radius 1 is 0.708 bits per heavy atom. The maximum Gasteiger partial charge on any atom is 0.407 e. The van der Waals surface area contributed by atoms with E-state index in [1.807, 2.05) is 66.7 Å². The first-order valence-corrected chi connectivity index (χ1v) is 21.9. The number of nitrogens with one attached hydrogen (secondary N) is 4. The van der Waals surface area contributed by atoms with E-state index in [0.717, 1.165) is 57.7 Å². The Hall–Kier alpha value is -7.33. The lowest BCUT2D eigenvalue weighted by atomic mass is 9.87. The Bertz CT molecular complexity index is 2760. The number of ether oxygens (including phenoxy) is 4. The van der Waals surface area contributed by atoms with Crippen LogP contribution in [-0.2, 0) is 32.3 Å². The molecule has 2 saturated heterocycles. The molecule has 17 heteroatoms. The molecule has 0 aliphatic carbocycles. The van der Waals surface area contributed by atoms with Gasteiger partial charge in [-0.25, -0.2) is 19.6 Å². The normalized spacial score (nSPS) is 17.9. The van der Waals surface area contributed by atoms with Gasteiger partial charge in [0, 0.05) is 46.5 Å². The lowest BCUT2D eigenvalue weighted by Gasteiger charge is -2.30. The lowest BCUT2D eigenvalue weighted by Crippen LogP contribution is -2.42. The molecule has 4 atom stereocenters. The van der Waals surface area contributed by atoms with E-state index < -0.39 is 30.3 Å². The van der Waals surface area contributed by atoms with Gasteiger partial charge in [-0.15, -0.1) is 0 Å². The summed E-state index contributed by atoms with van der Waals surface area (Å²) >= 11 is 6.89. The number of likely N-dealkylation sites (tertiary alicyclic amines) is 2. The highest BCUT2D eigenvalue weighted by atomic mass is 35.5. The van der Waals surface area contributed by atoms with Crippen LogP contribution in [0.25, 0.3) is 33.6 Å². The van der Waals surface area contributed by atoms with Crippen LogP contribution in [0.2, 0.25) is 5.15 Å². The van der Waals surface area contributed by atoms with Crippen molar-refractivity contribution in [3.63, 3.8) is 0 Å². The molecule has 4 aliphatic rings. The fraction of sp³-hybridized carbons (Fsp3) is 0.292. The molecule has 4 aliphatic heterocycles. The van der Waals surface area contributed by atoms with Crippen LogP contribution >= 0.6 is 11.6 Å². The van der Waals surface area contributed by atoms with E-state index in [1.54, 1.807) is 28.1 Å². The molecule has 6 heterocycles. The van der Waals surface area contributed by atoms with Gasteiger partial charge < -0.3 is 49.3 Å². The number of aromatic amines is 2. The molecule has 0 spiro atoms. The van der Waals surface area contributed by atoms with Crippen LogP contribution < -0.4 is 20.1 Å². The molecule has 0 bridgehead atoms. The zero-order valence-corrected chi connectivity index (χ0v) is 36.3. The van der Waals surface area contributed by atoms with Crippen molar-refractivity contribution in [2.24, 2.45) is 0 Å². The Kier molecular flexibility index (Phi) is 11.1. The Morgan fingerprint density at radius 3 is 1.75 bits per heavy atom. The lowest BCUT2D eigenvalue weighted by molar-refractivity contribution is -0.135. The number of imidazole rings is 2. The predicted molar refractivity (Wildman–Crippen MR) is 238 cm³/mol. The molecular formula is C48H45ClN8O8. The average Bonchev–Trinajstić information content (AvgIpc) is 4.19. The number of carbonyl (C=O) groups excluding carboxylic acids is 4. The first kappa shape index (κ1) is 41.7. The highest BCUT2D eigenvalue weighted by molar-refractivity contribution is 6.32. The summed E-state index contributed by atoms with van der Waals surface area (Å²) in [5, 5.41) is 5.75. The Balaban J connectivity index is 0.892. The molecule has 10 rings (SSSR count). The molecule has 0 saturated carbocycles. The number of aromatic nitrogens is 4. The predicted octanol–water partition coefficient (Wildman–Crippen LogP) is 8.09. The molecule has 0 unspecified atom stereocenters. The third-order valence-electron chi connectivity index (χ3n) is 12.6. The molecule has 65 heavy (non-hydrogen) atoms. The van der Waals surface area contributed by atoms with Gasteiger partial charge in [-0.05, 0) is 61.1 Å². The molecular weight excluding hydrogens is 852 g/mol. The van der Waals surface area contributed by atoms with Crippen molar-refractivity contribution < 1.29 is 38.1 Å². The van der Waals surface area contributed by atoms with Crippen LogP contribution in [0.4, 0.5) is 9.59 Å². The number of H-pyrrole nitrogens is 2. The molecule has 4 amide bonds. The summed E-state index contributed by atoms with van der Waals surface area (Å²) in [5.41, 5.74) is 7.97. The minimum Gasteiger partial charge on any atom is -0.488 e. The molecule has 16 nitrogen and oxygen atoms in total. The van der Waals surface area contributed by atoms with Gasteiger partial charge in [0.1, 0.15) is 59.3 Å². The number of nitrogens with zero attached hydrogens (tertiary/aromatic N) is 4. The minimum absolute atomic E-state index is 0.241. The maximum atomic E-state index is 14.1. The number of amides is 4. The molecule has 4 N–H and O–H groups in total. The zero-order chi connectivity index (χ0) is 44.8. The van der Waals surface area contributed by atoms with Gasteiger partial charge in [-0.3, -0.25) is 9.59 Å². The van der Waals surface area contributed by atoms with E-state index in [-0.39, 0.29) is 31.1 Å². The van der Waals surface area contributed by atoms with Crippen molar-refractivity contribution in [3.8, 4) is 45.1 Å². The summed E-state index contributed by atoms with van der Waals surface area (Å²) < 4.78 is 22.6. The topological polar surface area (TPSA) is 193 Å². The summed E-state index contributed by atoms with van der Waals surface area (Å²) in [7, 11) is 2.54. The van der Waals surface area contributed by atoms with E-state index in [1.165, 1.54) is 14.2 Å². The van der Waals surface area contributed by atoms with Gasteiger partial charge >= 0.3 is 12.2 Å². The van der Waals surface area contributed by atoms with Crippen molar-refractivity contribution >= 4 is 35.6 Å². The van der Waals surface area contributed by atoms with E-state index >= 15 is 0 Å². The molecule has 332 valence electrons. The number of benzene rings is 4. The van der Waals surface area contributed by atoms with Crippen LogP contribution in [0, 0.1) is 0 Å². The number of hydrogen-bond acceptors (Lipinski definition) is 10. The first-order chi connectivity index (χ1) is 31.7. The molecule has 2 aromatic heterocycles. The van der Waals surface area contributed by atoms with Crippen molar-refractivity contribution in [1.82, 2.24) is 40.4 Å². The average molecular weight is 897 g/mol. The first-order valence-electron chi connectivity index (χ1n) is 21.5. The monoisotopic (exact) mass is 896 g/mol. The van der Waals surface area contributed by atoms with E-state index in [4.69, 9.17) is 40.5 Å². The van der Waals surface area contributed by atoms with E-state index in [0.29, 0.717) is 65.3 Å². The number of carbonyl (C=O) groups is 4. The maximum absolute atomic E-state index is 14.1. The van der Waals surface area contributed by atoms with Crippen LogP contribution in [0.15, 0.2) is 91.1 Å². The standard InChI is InChI=1S/C48H45ClN8O8/c1-62-47(60)53-40(26-11-5-3-6-12-26)45(58)56-17-9-15-33(56)43-50-23-32(51-43)28-19-30-24-65-36-22-29(20-31-25-64-35(21-28)37(30)38(31)36)39-42(49)55-44(52-39)34-16-10-18-57(34)46(59)41(54-48(61)63-2)27-13-7-4-8-14-27/h3-8,11-14,19-23,33-34,40-41H,9-10,15-18,24-25H2,1-2H3,(H,50,51)(H,52,55)(H,53,60)(H,54,61)/t33-,34-,40+,41+/m0/s1. The molecule has 6 aromatic rings. The minimum atomic E-state index is -0.946. The van der Waals surface area contributed by atoms with Crippen molar-refractivity contribution in [2.45, 2.75) is 63.1 Å². The van der Waals surface area contributed by atoms with Crippen molar-refractivity contribution in [3.05, 3.63) is 130 Å². The van der Waals surface area contributed by atoms with Gasteiger partial charge in [0.2, 0.25) is 0 Å². The number of rotatable bonds is 10. The largest absolute Gasteiger partial charge is 0.488 e. The number of alkyl carbamates (subject to hydrolysis) is 2. The van der Waals surface area contributed by atoms with Gasteiger partial charge in [0.15, 0.2) is 0 Å². The molecule has 4 aromatic carbocycles. The highest BCUT2D eigenvalue weighted by Gasteiger charge is 2.39. The summed E-state index contributed by atoms with van der Waals surface area (Å²) in [6.07, 6.45) is 3.28. The molecule has 2 fully saturated rings. The SMILES string of the molecule is COC(=O)N[C@@H](C(=O)N1CCC[C@H]1c1ncc(-c2cc3c4c(c2)OCc2cc(-c5nc([C@@H]6CCCN6C(=O)[C@H](NC(=O)OC)c6ccccc6)[nH]c5Cl)cc(c2-4)OC3)[nH]1)c1ccccc1. The smallest absolute Gasteiger partial charge is 0.407 e. The fourth-order valence-corrected chi connectivity index (χ4v) is 9.77. The van der Waals surface area contributed by atoms with E-state index in [9.17, 15) is 19.2 Å². The summed E-state index contributed by atoms with van der Waals surface area (Å²) in [5.74, 6) is 2.09. The third-order valence-corrected chi connectivity index (χ3v) is 12.9. The highest BCUT2D eigenvalue weighted by Crippen LogP contribution is 2.51. The molecule has 0 radical (unpaired) electrons. The van der Waals surface area contributed by atoms with Gasteiger partial charge in [-0.2, -0.15) is 0 Å². The summed E-state index contributed by atoms with van der Waals surface area (Å²) in [4.78, 5) is 72.8. The summed E-state index contributed by atoms with van der Waals surface area (Å²) in [6.45, 7) is 1.56. The van der Waals surface area contributed by atoms with Crippen LogP contribution in [0.1, 0.15) is 83.8 Å².